The first-order chi connectivity index (χ1) is 15.4. The maximum atomic E-state index is 12.5. The molecule has 0 atom stereocenters. The fraction of sp³-hybridized carbons (Fsp3) is 0.292. The number of ether oxygens (including phenoxy) is 1. The molecule has 0 saturated heterocycles. The van der Waals surface area contributed by atoms with Crippen molar-refractivity contribution in [2.75, 3.05) is 13.2 Å². The first-order valence-electron chi connectivity index (χ1n) is 10.3. The fourth-order valence-electron chi connectivity index (χ4n) is 3.14. The summed E-state index contributed by atoms with van der Waals surface area (Å²) in [5.74, 6) is -0.379. The van der Waals surface area contributed by atoms with E-state index in [0.717, 1.165) is 21.2 Å². The summed E-state index contributed by atoms with van der Waals surface area (Å²) in [6, 6.07) is 14.8. The molecule has 3 aromatic rings. The number of aliphatic carboxylic acids is 1. The highest BCUT2D eigenvalue weighted by Crippen LogP contribution is 2.27. The smallest absolute Gasteiger partial charge is 0.303 e. The van der Waals surface area contributed by atoms with Crippen molar-refractivity contribution in [3.63, 3.8) is 0 Å². The Kier molecular flexibility index (Phi) is 8.35. The lowest BCUT2D eigenvalue weighted by molar-refractivity contribution is -0.137. The van der Waals surface area contributed by atoms with Crippen LogP contribution in [0.15, 0.2) is 48.5 Å². The number of carbonyl (C=O) groups excluding carboxylic acids is 2. The number of rotatable bonds is 12. The number of carboxylic acid groups (broad SMARTS) is 1. The van der Waals surface area contributed by atoms with Gasteiger partial charge >= 0.3 is 5.97 Å². The van der Waals surface area contributed by atoms with Gasteiger partial charge in [-0.2, -0.15) is 0 Å². The van der Waals surface area contributed by atoms with E-state index in [1.54, 1.807) is 25.1 Å². The van der Waals surface area contributed by atoms with Gasteiger partial charge in [-0.15, -0.1) is 11.3 Å². The van der Waals surface area contributed by atoms with Gasteiger partial charge in [0, 0.05) is 24.0 Å². The molecule has 1 aromatic heterocycles. The molecule has 0 saturated carbocycles. The molecule has 0 bridgehead atoms. The molecule has 0 aliphatic carbocycles. The summed E-state index contributed by atoms with van der Waals surface area (Å²) in [6.07, 6.45) is 1.14. The Morgan fingerprint density at radius 2 is 1.72 bits per heavy atom. The Bertz CT molecular complexity index is 1090. The van der Waals surface area contributed by atoms with E-state index < -0.39 is 5.97 Å². The first kappa shape index (κ1) is 23.4. The number of carbonyl (C=O) groups is 3. The van der Waals surface area contributed by atoms with E-state index in [0.29, 0.717) is 43.1 Å². The van der Waals surface area contributed by atoms with Crippen LogP contribution in [0, 0.1) is 0 Å². The largest absolute Gasteiger partial charge is 0.494 e. The molecule has 7 nitrogen and oxygen atoms in total. The summed E-state index contributed by atoms with van der Waals surface area (Å²) < 4.78 is 6.48. The van der Waals surface area contributed by atoms with E-state index >= 15 is 0 Å². The molecule has 2 aromatic carbocycles. The van der Waals surface area contributed by atoms with E-state index in [1.165, 1.54) is 11.3 Å². The van der Waals surface area contributed by atoms with E-state index in [-0.39, 0.29) is 18.1 Å². The molecule has 3 rings (SSSR count). The third kappa shape index (κ3) is 6.90. The van der Waals surface area contributed by atoms with Crippen molar-refractivity contribution in [2.24, 2.45) is 0 Å². The van der Waals surface area contributed by atoms with Crippen molar-refractivity contribution in [3.8, 4) is 5.75 Å². The van der Waals surface area contributed by atoms with Crippen LogP contribution in [-0.4, -0.2) is 36.0 Å². The normalized spacial score (nSPS) is 10.8. The Balaban J connectivity index is 1.54. The number of hydrogen-bond donors (Lipinski definition) is 2. The highest BCUT2D eigenvalue weighted by atomic mass is 32.1. The molecule has 32 heavy (non-hydrogen) atoms. The zero-order valence-electron chi connectivity index (χ0n) is 17.8. The number of nitrogens with one attached hydrogen (secondary N) is 1. The number of thiophene rings is 1. The lowest BCUT2D eigenvalue weighted by Gasteiger charge is -2.07. The predicted octanol–water partition coefficient (Wildman–Crippen LogP) is 4.18. The Morgan fingerprint density at radius 1 is 1.00 bits per heavy atom. The van der Waals surface area contributed by atoms with Gasteiger partial charge in [0.05, 0.1) is 18.1 Å². The number of hydroxylamine groups is 1. The third-order valence-corrected chi connectivity index (χ3v) is 5.76. The maximum Gasteiger partial charge on any atom is 0.303 e. The Labute approximate surface area is 189 Å². The van der Waals surface area contributed by atoms with Gasteiger partial charge in [0.25, 0.3) is 5.91 Å². The lowest BCUT2D eigenvalue weighted by Crippen LogP contribution is -2.22. The number of Topliss-reactive ketones (excluding diaryl/α,β-unsaturated/α-hetero) is 1. The summed E-state index contributed by atoms with van der Waals surface area (Å²) in [5.41, 5.74) is 4.18. The van der Waals surface area contributed by atoms with Gasteiger partial charge in [0.15, 0.2) is 0 Å². The number of amides is 1. The lowest BCUT2D eigenvalue weighted by atomic mass is 10.0. The van der Waals surface area contributed by atoms with E-state index in [2.05, 4.69) is 5.48 Å². The molecule has 0 fully saturated rings. The summed E-state index contributed by atoms with van der Waals surface area (Å²) in [5, 5.41) is 9.56. The zero-order chi connectivity index (χ0) is 22.9. The van der Waals surface area contributed by atoms with Crippen molar-refractivity contribution in [3.05, 3.63) is 64.5 Å². The van der Waals surface area contributed by atoms with Gasteiger partial charge < -0.3 is 9.84 Å². The van der Waals surface area contributed by atoms with E-state index in [9.17, 15) is 14.4 Å². The predicted molar refractivity (Wildman–Crippen MR) is 122 cm³/mol. The SMILES string of the molecule is CCONC(=O)c1cc2cc(CC(=O)Cc3ccc(OCCCC(=O)O)cc3)ccc2s1. The van der Waals surface area contributed by atoms with Crippen LogP contribution < -0.4 is 10.2 Å². The summed E-state index contributed by atoms with van der Waals surface area (Å²) >= 11 is 1.38. The molecular formula is C24H25NO6S. The molecule has 0 unspecified atom stereocenters. The molecular weight excluding hydrogens is 430 g/mol. The molecule has 2 N–H and O–H groups in total. The van der Waals surface area contributed by atoms with Gasteiger partial charge in [0.1, 0.15) is 11.5 Å². The van der Waals surface area contributed by atoms with Gasteiger partial charge in [-0.25, -0.2) is 5.48 Å². The average molecular weight is 456 g/mol. The highest BCUT2D eigenvalue weighted by Gasteiger charge is 2.12. The van der Waals surface area contributed by atoms with E-state index in [1.807, 2.05) is 30.3 Å². The summed E-state index contributed by atoms with van der Waals surface area (Å²) in [4.78, 5) is 40.6. The Morgan fingerprint density at radius 3 is 2.44 bits per heavy atom. The quantitative estimate of drug-likeness (QED) is 0.314. The molecule has 1 amide bonds. The van der Waals surface area contributed by atoms with Crippen LogP contribution in [0.25, 0.3) is 10.1 Å². The molecule has 0 aliphatic rings. The van der Waals surface area contributed by atoms with Gasteiger partial charge in [-0.05, 0) is 60.2 Å². The van der Waals surface area contributed by atoms with Crippen LogP contribution in [0.4, 0.5) is 0 Å². The number of benzene rings is 2. The van der Waals surface area contributed by atoms with Crippen LogP contribution in [-0.2, 0) is 27.3 Å². The summed E-state index contributed by atoms with van der Waals surface area (Å²) in [6.45, 7) is 2.53. The molecule has 1 heterocycles. The summed E-state index contributed by atoms with van der Waals surface area (Å²) in [7, 11) is 0. The van der Waals surface area contributed by atoms with Crippen LogP contribution in [0.5, 0.6) is 5.75 Å². The van der Waals surface area contributed by atoms with Gasteiger partial charge in [0.2, 0.25) is 0 Å². The number of ketones is 1. The van der Waals surface area contributed by atoms with Gasteiger partial charge in [-0.3, -0.25) is 19.2 Å². The van der Waals surface area contributed by atoms with Crippen molar-refractivity contribution in [1.29, 1.82) is 0 Å². The molecule has 0 radical (unpaired) electrons. The van der Waals surface area contributed by atoms with Crippen molar-refractivity contribution < 1.29 is 29.1 Å². The van der Waals surface area contributed by atoms with Crippen LogP contribution in [0.2, 0.25) is 0 Å². The minimum absolute atomic E-state index is 0.0749. The molecule has 168 valence electrons. The zero-order valence-corrected chi connectivity index (χ0v) is 18.6. The monoisotopic (exact) mass is 455 g/mol. The van der Waals surface area contributed by atoms with Crippen LogP contribution in [0.3, 0.4) is 0 Å². The highest BCUT2D eigenvalue weighted by molar-refractivity contribution is 7.20. The van der Waals surface area contributed by atoms with Crippen molar-refractivity contribution in [1.82, 2.24) is 5.48 Å². The fourth-order valence-corrected chi connectivity index (χ4v) is 4.07. The number of hydrogen-bond acceptors (Lipinski definition) is 6. The van der Waals surface area contributed by atoms with Crippen LogP contribution in [0.1, 0.15) is 40.6 Å². The van der Waals surface area contributed by atoms with Gasteiger partial charge in [-0.1, -0.05) is 18.2 Å². The standard InChI is InChI=1S/C24H25NO6S/c1-2-31-25-24(29)22-15-18-12-17(7-10-21(18)32-22)14-19(26)13-16-5-8-20(9-6-16)30-11-3-4-23(27)28/h5-10,12,15H,2-4,11,13-14H2,1H3,(H,25,29)(H,27,28). The molecule has 0 aliphatic heterocycles. The first-order valence-corrected chi connectivity index (χ1v) is 11.2. The second-order valence-corrected chi connectivity index (χ2v) is 8.31. The Hall–Kier alpha value is -3.23. The second kappa shape index (κ2) is 11.4. The van der Waals surface area contributed by atoms with Crippen LogP contribution >= 0.6 is 11.3 Å². The minimum atomic E-state index is -0.840. The average Bonchev–Trinajstić information content (AvgIpc) is 3.19. The minimum Gasteiger partial charge on any atom is -0.494 e. The second-order valence-electron chi connectivity index (χ2n) is 7.23. The molecule has 8 heteroatoms. The topological polar surface area (TPSA) is 102 Å². The number of carboxylic acids is 1. The third-order valence-electron chi connectivity index (χ3n) is 4.64. The maximum absolute atomic E-state index is 12.5. The number of fused-ring (bicyclic) bond motifs is 1. The van der Waals surface area contributed by atoms with E-state index in [4.69, 9.17) is 14.7 Å². The van der Waals surface area contributed by atoms with Crippen molar-refractivity contribution in [2.45, 2.75) is 32.6 Å². The molecule has 0 spiro atoms. The van der Waals surface area contributed by atoms with Crippen molar-refractivity contribution >= 4 is 39.1 Å².